The first-order valence-corrected chi connectivity index (χ1v) is 10.2. The third-order valence-corrected chi connectivity index (χ3v) is 6.26. The van der Waals surface area contributed by atoms with Crippen molar-refractivity contribution in [3.05, 3.63) is 29.3 Å². The van der Waals surface area contributed by atoms with E-state index in [2.05, 4.69) is 10.6 Å². The molecule has 2 aliphatic rings. The van der Waals surface area contributed by atoms with Gasteiger partial charge in [-0.15, -0.1) is 0 Å². The zero-order valence-corrected chi connectivity index (χ0v) is 14.9. The van der Waals surface area contributed by atoms with Gasteiger partial charge in [0, 0.05) is 18.2 Å². The van der Waals surface area contributed by atoms with Crippen LogP contribution >= 0.6 is 0 Å². The van der Waals surface area contributed by atoms with Crippen molar-refractivity contribution in [2.75, 3.05) is 18.1 Å². The average Bonchev–Trinajstić information content (AvgIpc) is 2.78. The SMILES string of the molecule is CC(Oc1ccc2c(c1)CCCNC2=O)C(=O)NC1CCS(=O)(=O)C1. The summed E-state index contributed by atoms with van der Waals surface area (Å²) in [6.45, 7) is 2.27. The smallest absolute Gasteiger partial charge is 0.261 e. The molecule has 7 nitrogen and oxygen atoms in total. The van der Waals surface area contributed by atoms with E-state index in [-0.39, 0.29) is 29.4 Å². The van der Waals surface area contributed by atoms with Crippen molar-refractivity contribution in [1.29, 1.82) is 0 Å². The Morgan fingerprint density at radius 1 is 1.40 bits per heavy atom. The highest BCUT2D eigenvalue weighted by molar-refractivity contribution is 7.91. The van der Waals surface area contributed by atoms with Crippen molar-refractivity contribution in [3.63, 3.8) is 0 Å². The molecule has 2 N–H and O–H groups in total. The second-order valence-corrected chi connectivity index (χ2v) is 8.78. The molecule has 136 valence electrons. The quantitative estimate of drug-likeness (QED) is 0.805. The molecule has 0 saturated carbocycles. The lowest BCUT2D eigenvalue weighted by Crippen LogP contribution is -2.43. The standard InChI is InChI=1S/C17H22N2O5S/c1-11(16(20)19-13-6-8-25(22,23)10-13)24-14-4-5-15-12(9-14)3-2-7-18-17(15)21/h4-5,9,11,13H,2-3,6-8,10H2,1H3,(H,18,21)(H,19,20). The lowest BCUT2D eigenvalue weighted by Gasteiger charge is -2.18. The van der Waals surface area contributed by atoms with Gasteiger partial charge in [0.1, 0.15) is 5.75 Å². The Labute approximate surface area is 147 Å². The third kappa shape index (κ3) is 4.31. The fourth-order valence-electron chi connectivity index (χ4n) is 3.13. The monoisotopic (exact) mass is 366 g/mol. The maximum atomic E-state index is 12.2. The number of carbonyl (C=O) groups is 2. The van der Waals surface area contributed by atoms with Crippen LogP contribution in [0.4, 0.5) is 0 Å². The largest absolute Gasteiger partial charge is 0.481 e. The highest BCUT2D eigenvalue weighted by atomic mass is 32.2. The number of sulfone groups is 1. The Morgan fingerprint density at radius 3 is 2.92 bits per heavy atom. The summed E-state index contributed by atoms with van der Waals surface area (Å²) in [4.78, 5) is 24.1. The van der Waals surface area contributed by atoms with E-state index < -0.39 is 15.9 Å². The number of hydrogen-bond donors (Lipinski definition) is 2. The summed E-state index contributed by atoms with van der Waals surface area (Å²) in [7, 11) is -3.04. The Kier molecular flexibility index (Phi) is 4.99. The van der Waals surface area contributed by atoms with Gasteiger partial charge in [0.15, 0.2) is 15.9 Å². The van der Waals surface area contributed by atoms with E-state index >= 15 is 0 Å². The lowest BCUT2D eigenvalue weighted by molar-refractivity contribution is -0.127. The van der Waals surface area contributed by atoms with Crippen molar-refractivity contribution in [3.8, 4) is 5.75 Å². The number of nitrogens with one attached hydrogen (secondary N) is 2. The number of hydrogen-bond acceptors (Lipinski definition) is 5. The predicted molar refractivity (Wildman–Crippen MR) is 92.4 cm³/mol. The summed E-state index contributed by atoms with van der Waals surface area (Å²) < 4.78 is 28.6. The second kappa shape index (κ2) is 7.03. The molecule has 0 radical (unpaired) electrons. The predicted octanol–water partition coefficient (Wildman–Crippen LogP) is 0.433. The minimum Gasteiger partial charge on any atom is -0.481 e. The molecular formula is C17H22N2O5S. The summed E-state index contributed by atoms with van der Waals surface area (Å²) in [6, 6.07) is 4.83. The van der Waals surface area contributed by atoms with Gasteiger partial charge in [-0.1, -0.05) is 0 Å². The number of ether oxygens (including phenoxy) is 1. The van der Waals surface area contributed by atoms with Crippen LogP contribution in [0.2, 0.25) is 0 Å². The van der Waals surface area contributed by atoms with Gasteiger partial charge < -0.3 is 15.4 Å². The molecule has 2 atom stereocenters. The van der Waals surface area contributed by atoms with Crippen molar-refractivity contribution in [1.82, 2.24) is 10.6 Å². The van der Waals surface area contributed by atoms with E-state index in [0.717, 1.165) is 18.4 Å². The lowest BCUT2D eigenvalue weighted by atomic mass is 10.0. The minimum atomic E-state index is -3.04. The molecule has 0 aromatic heterocycles. The molecule has 3 rings (SSSR count). The molecule has 2 unspecified atom stereocenters. The van der Waals surface area contributed by atoms with Crippen molar-refractivity contribution < 1.29 is 22.7 Å². The molecular weight excluding hydrogens is 344 g/mol. The first-order valence-electron chi connectivity index (χ1n) is 8.43. The van der Waals surface area contributed by atoms with Crippen LogP contribution in [0.3, 0.4) is 0 Å². The number of carbonyl (C=O) groups excluding carboxylic acids is 2. The molecule has 2 aliphatic heterocycles. The van der Waals surface area contributed by atoms with Crippen molar-refractivity contribution >= 4 is 21.7 Å². The summed E-state index contributed by atoms with van der Waals surface area (Å²) >= 11 is 0. The first-order chi connectivity index (χ1) is 11.8. The maximum Gasteiger partial charge on any atom is 0.261 e. The van der Waals surface area contributed by atoms with Crippen molar-refractivity contribution in [2.45, 2.75) is 38.3 Å². The highest BCUT2D eigenvalue weighted by Gasteiger charge is 2.30. The second-order valence-electron chi connectivity index (χ2n) is 6.55. The van der Waals surface area contributed by atoms with Crippen LogP contribution in [0.15, 0.2) is 18.2 Å². The molecule has 2 heterocycles. The Hall–Kier alpha value is -2.09. The molecule has 0 spiro atoms. The van der Waals surface area contributed by atoms with Gasteiger partial charge in [-0.3, -0.25) is 9.59 Å². The normalized spacial score (nSPS) is 23.1. The summed E-state index contributed by atoms with van der Waals surface area (Å²) in [5.41, 5.74) is 1.54. The van der Waals surface area contributed by atoms with Gasteiger partial charge in [-0.2, -0.15) is 0 Å². The molecule has 2 amide bonds. The van der Waals surface area contributed by atoms with Crippen LogP contribution in [0, 0.1) is 0 Å². The fourth-order valence-corrected chi connectivity index (χ4v) is 4.81. The van der Waals surface area contributed by atoms with Crippen LogP contribution in [0.1, 0.15) is 35.7 Å². The fraction of sp³-hybridized carbons (Fsp3) is 0.529. The molecule has 1 aromatic rings. The van der Waals surface area contributed by atoms with Gasteiger partial charge in [-0.05, 0) is 49.9 Å². The molecule has 1 fully saturated rings. The van der Waals surface area contributed by atoms with E-state index in [1.165, 1.54) is 0 Å². The summed E-state index contributed by atoms with van der Waals surface area (Å²) in [5, 5.41) is 5.56. The van der Waals surface area contributed by atoms with Crippen molar-refractivity contribution in [2.24, 2.45) is 0 Å². The van der Waals surface area contributed by atoms with Gasteiger partial charge in [0.25, 0.3) is 11.8 Å². The topological polar surface area (TPSA) is 102 Å². The van der Waals surface area contributed by atoms with Gasteiger partial charge in [0.2, 0.25) is 0 Å². The molecule has 25 heavy (non-hydrogen) atoms. The molecule has 1 saturated heterocycles. The van der Waals surface area contributed by atoms with Crippen LogP contribution in [0.5, 0.6) is 5.75 Å². The van der Waals surface area contributed by atoms with E-state index in [1.807, 2.05) is 0 Å². The minimum absolute atomic E-state index is 0.0145. The van der Waals surface area contributed by atoms with Crippen LogP contribution in [-0.2, 0) is 21.1 Å². The van der Waals surface area contributed by atoms with Crippen LogP contribution in [-0.4, -0.2) is 50.4 Å². The number of aryl methyl sites for hydroxylation is 1. The number of fused-ring (bicyclic) bond motifs is 1. The van der Waals surface area contributed by atoms with Gasteiger partial charge in [0.05, 0.1) is 11.5 Å². The zero-order valence-electron chi connectivity index (χ0n) is 14.1. The van der Waals surface area contributed by atoms with Crippen LogP contribution < -0.4 is 15.4 Å². The Morgan fingerprint density at radius 2 is 2.20 bits per heavy atom. The summed E-state index contributed by atoms with van der Waals surface area (Å²) in [5.74, 6) is 0.191. The third-order valence-electron chi connectivity index (χ3n) is 4.49. The van der Waals surface area contributed by atoms with E-state index in [1.54, 1.807) is 25.1 Å². The molecule has 8 heteroatoms. The maximum absolute atomic E-state index is 12.2. The van der Waals surface area contributed by atoms with E-state index in [4.69, 9.17) is 4.74 Å². The Balaban J connectivity index is 1.63. The summed E-state index contributed by atoms with van der Waals surface area (Å²) in [6.07, 6.45) is 1.32. The van der Waals surface area contributed by atoms with Gasteiger partial charge >= 0.3 is 0 Å². The van der Waals surface area contributed by atoms with Gasteiger partial charge in [-0.25, -0.2) is 8.42 Å². The number of rotatable bonds is 4. The average molecular weight is 366 g/mol. The highest BCUT2D eigenvalue weighted by Crippen LogP contribution is 2.22. The number of amides is 2. The molecule has 1 aromatic carbocycles. The van der Waals surface area contributed by atoms with Crippen LogP contribution in [0.25, 0.3) is 0 Å². The number of benzene rings is 1. The molecule has 0 bridgehead atoms. The zero-order chi connectivity index (χ0) is 18.0. The van der Waals surface area contributed by atoms with E-state index in [0.29, 0.717) is 24.3 Å². The molecule has 0 aliphatic carbocycles. The first kappa shape index (κ1) is 17.7. The van der Waals surface area contributed by atoms with E-state index in [9.17, 15) is 18.0 Å². The Bertz CT molecular complexity index is 790.